The van der Waals surface area contributed by atoms with Gasteiger partial charge in [0.1, 0.15) is 11.5 Å². The molecule has 1 aromatic carbocycles. The van der Waals surface area contributed by atoms with Crippen molar-refractivity contribution in [2.75, 3.05) is 13.2 Å². The Labute approximate surface area is 178 Å². The van der Waals surface area contributed by atoms with Gasteiger partial charge in [-0.15, -0.1) is 24.0 Å². The van der Waals surface area contributed by atoms with Crippen LogP contribution >= 0.6 is 24.0 Å². The number of hydrogen-bond donors (Lipinski definition) is 2. The van der Waals surface area contributed by atoms with E-state index < -0.39 is 0 Å². The third-order valence-corrected chi connectivity index (χ3v) is 3.47. The number of ether oxygens (including phenoxy) is 2. The van der Waals surface area contributed by atoms with Crippen LogP contribution in [0.2, 0.25) is 0 Å². The van der Waals surface area contributed by atoms with E-state index in [1.54, 1.807) is 6.20 Å². The molecule has 27 heavy (non-hydrogen) atoms. The summed E-state index contributed by atoms with van der Waals surface area (Å²) >= 11 is 0. The van der Waals surface area contributed by atoms with E-state index >= 15 is 0 Å². The van der Waals surface area contributed by atoms with E-state index in [0.717, 1.165) is 24.3 Å². The number of hydrogen-bond acceptors (Lipinski definition) is 4. The second-order valence-corrected chi connectivity index (χ2v) is 6.37. The van der Waals surface area contributed by atoms with Gasteiger partial charge in [-0.3, -0.25) is 0 Å². The summed E-state index contributed by atoms with van der Waals surface area (Å²) in [4.78, 5) is 8.67. The summed E-state index contributed by atoms with van der Waals surface area (Å²) in [5.41, 5.74) is 6.76. The van der Waals surface area contributed by atoms with Gasteiger partial charge in [0.25, 0.3) is 0 Å². The van der Waals surface area contributed by atoms with Gasteiger partial charge in [0, 0.05) is 18.3 Å². The summed E-state index contributed by atoms with van der Waals surface area (Å²) in [6, 6.07) is 11.3. The van der Waals surface area contributed by atoms with Crippen LogP contribution in [0.3, 0.4) is 0 Å². The molecule has 0 atom stereocenters. The Kier molecular flexibility index (Phi) is 10.5. The lowest BCUT2D eigenvalue weighted by atomic mass is 10.2. The number of nitrogens with two attached hydrogens (primary N) is 1. The number of rotatable bonds is 9. The molecule has 0 fully saturated rings. The van der Waals surface area contributed by atoms with E-state index in [1.807, 2.05) is 36.4 Å². The minimum atomic E-state index is 0. The molecular formula is C20H29IN4O2. The molecule has 0 saturated carbocycles. The number of aromatic nitrogens is 1. The third-order valence-electron chi connectivity index (χ3n) is 3.47. The zero-order valence-corrected chi connectivity index (χ0v) is 18.5. The van der Waals surface area contributed by atoms with Crippen LogP contribution in [0.4, 0.5) is 0 Å². The Morgan fingerprint density at radius 3 is 2.56 bits per heavy atom. The maximum Gasteiger partial charge on any atom is 0.224 e. The largest absolute Gasteiger partial charge is 0.494 e. The maximum atomic E-state index is 5.90. The van der Waals surface area contributed by atoms with Gasteiger partial charge in [0.05, 0.1) is 13.2 Å². The molecule has 0 bridgehead atoms. The van der Waals surface area contributed by atoms with Gasteiger partial charge in [-0.2, -0.15) is 0 Å². The van der Waals surface area contributed by atoms with Crippen molar-refractivity contribution in [3.63, 3.8) is 0 Å². The summed E-state index contributed by atoms with van der Waals surface area (Å²) < 4.78 is 11.5. The van der Waals surface area contributed by atoms with E-state index in [-0.39, 0.29) is 24.0 Å². The van der Waals surface area contributed by atoms with Crippen LogP contribution in [0.25, 0.3) is 0 Å². The van der Waals surface area contributed by atoms with Crippen LogP contribution in [0.5, 0.6) is 17.4 Å². The third kappa shape index (κ3) is 8.47. The Bertz CT molecular complexity index is 705. The zero-order chi connectivity index (χ0) is 18.8. The Balaban J connectivity index is 0.00000364. The van der Waals surface area contributed by atoms with Crippen molar-refractivity contribution < 1.29 is 9.47 Å². The van der Waals surface area contributed by atoms with Crippen LogP contribution < -0.4 is 20.5 Å². The molecule has 7 heteroatoms. The van der Waals surface area contributed by atoms with Gasteiger partial charge in [-0.25, -0.2) is 9.98 Å². The average molecular weight is 484 g/mol. The van der Waals surface area contributed by atoms with Crippen molar-refractivity contribution in [3.8, 4) is 17.4 Å². The highest BCUT2D eigenvalue weighted by atomic mass is 127. The fraction of sp³-hybridized carbons (Fsp3) is 0.400. The lowest BCUT2D eigenvalue weighted by molar-refractivity contribution is 0.317. The lowest BCUT2D eigenvalue weighted by Gasteiger charge is -2.11. The standard InChI is InChI=1S/C20H28N4O2.HI/c1-4-12-25-17-7-9-18(10-8-17)26-19-16(6-5-11-22-19)14-24-20(21)23-13-15(2)3;/h5-11,15H,4,12-14H2,1-3H3,(H3,21,23,24);1H. The molecule has 2 rings (SSSR count). The number of halogens is 1. The molecule has 0 aliphatic rings. The number of pyridine rings is 1. The van der Waals surface area contributed by atoms with Gasteiger partial charge in [-0.05, 0) is 42.7 Å². The van der Waals surface area contributed by atoms with Gasteiger partial charge in [-0.1, -0.05) is 26.8 Å². The first kappa shape index (κ1) is 23.0. The second kappa shape index (κ2) is 12.4. The number of aliphatic imine (C=N–C) groups is 1. The summed E-state index contributed by atoms with van der Waals surface area (Å²) in [5.74, 6) is 2.98. The highest BCUT2D eigenvalue weighted by Gasteiger charge is 2.07. The summed E-state index contributed by atoms with van der Waals surface area (Å²) in [5, 5.41) is 3.10. The van der Waals surface area contributed by atoms with E-state index in [2.05, 4.69) is 36.1 Å². The smallest absolute Gasteiger partial charge is 0.224 e. The number of nitrogens with zero attached hydrogens (tertiary/aromatic N) is 2. The molecule has 0 saturated heterocycles. The minimum absolute atomic E-state index is 0. The SMILES string of the molecule is CCCOc1ccc(Oc2ncccc2CN=C(N)NCC(C)C)cc1.I. The van der Waals surface area contributed by atoms with Crippen molar-refractivity contribution in [1.29, 1.82) is 0 Å². The first-order chi connectivity index (χ1) is 12.6. The van der Waals surface area contributed by atoms with Gasteiger partial charge in [0.15, 0.2) is 5.96 Å². The van der Waals surface area contributed by atoms with E-state index in [0.29, 0.717) is 36.7 Å². The monoisotopic (exact) mass is 484 g/mol. The number of guanidine groups is 1. The number of benzene rings is 1. The molecule has 0 aliphatic carbocycles. The molecule has 2 aromatic rings. The van der Waals surface area contributed by atoms with Crippen LogP contribution in [-0.2, 0) is 6.54 Å². The highest BCUT2D eigenvalue weighted by molar-refractivity contribution is 14.0. The quantitative estimate of drug-likeness (QED) is 0.315. The fourth-order valence-electron chi connectivity index (χ4n) is 2.11. The average Bonchev–Trinajstić information content (AvgIpc) is 2.65. The van der Waals surface area contributed by atoms with E-state index in [1.165, 1.54) is 0 Å². The summed E-state index contributed by atoms with van der Waals surface area (Å²) in [6.45, 7) is 8.20. The van der Waals surface area contributed by atoms with Gasteiger partial charge >= 0.3 is 0 Å². The van der Waals surface area contributed by atoms with Gasteiger partial charge < -0.3 is 20.5 Å². The molecule has 6 nitrogen and oxygen atoms in total. The molecule has 0 aliphatic heterocycles. The van der Waals surface area contributed by atoms with Crippen LogP contribution in [-0.4, -0.2) is 24.1 Å². The second-order valence-electron chi connectivity index (χ2n) is 6.37. The Hall–Kier alpha value is -2.03. The lowest BCUT2D eigenvalue weighted by Crippen LogP contribution is -2.34. The van der Waals surface area contributed by atoms with Crippen molar-refractivity contribution in [3.05, 3.63) is 48.2 Å². The topological polar surface area (TPSA) is 81.8 Å². The molecule has 0 unspecified atom stereocenters. The molecule has 3 N–H and O–H groups in total. The van der Waals surface area contributed by atoms with Crippen molar-refractivity contribution in [1.82, 2.24) is 10.3 Å². The molecule has 0 spiro atoms. The summed E-state index contributed by atoms with van der Waals surface area (Å²) in [6.07, 6.45) is 2.67. The zero-order valence-electron chi connectivity index (χ0n) is 16.1. The predicted molar refractivity (Wildman–Crippen MR) is 120 cm³/mol. The van der Waals surface area contributed by atoms with Crippen LogP contribution in [0.15, 0.2) is 47.6 Å². The molecule has 1 aromatic heterocycles. The Morgan fingerprint density at radius 2 is 1.89 bits per heavy atom. The maximum absolute atomic E-state index is 5.90. The van der Waals surface area contributed by atoms with Crippen LogP contribution in [0, 0.1) is 5.92 Å². The number of nitrogens with one attached hydrogen (secondary N) is 1. The first-order valence-corrected chi connectivity index (χ1v) is 8.97. The van der Waals surface area contributed by atoms with Gasteiger partial charge in [0.2, 0.25) is 5.88 Å². The highest BCUT2D eigenvalue weighted by Crippen LogP contribution is 2.25. The molecule has 1 heterocycles. The molecular weight excluding hydrogens is 455 g/mol. The predicted octanol–water partition coefficient (Wildman–Crippen LogP) is 4.34. The summed E-state index contributed by atoms with van der Waals surface area (Å²) in [7, 11) is 0. The van der Waals surface area contributed by atoms with Crippen molar-refractivity contribution >= 4 is 29.9 Å². The molecule has 0 radical (unpaired) electrons. The fourth-order valence-corrected chi connectivity index (χ4v) is 2.11. The van der Waals surface area contributed by atoms with Crippen molar-refractivity contribution in [2.45, 2.75) is 33.7 Å². The Morgan fingerprint density at radius 1 is 1.19 bits per heavy atom. The minimum Gasteiger partial charge on any atom is -0.494 e. The molecule has 0 amide bonds. The van der Waals surface area contributed by atoms with E-state index in [4.69, 9.17) is 15.2 Å². The first-order valence-electron chi connectivity index (χ1n) is 8.97. The van der Waals surface area contributed by atoms with Crippen molar-refractivity contribution in [2.24, 2.45) is 16.6 Å². The van der Waals surface area contributed by atoms with E-state index in [9.17, 15) is 0 Å². The molecule has 148 valence electrons. The normalized spacial score (nSPS) is 11.0. The van der Waals surface area contributed by atoms with Crippen LogP contribution in [0.1, 0.15) is 32.8 Å².